The molecule has 164 valence electrons. The van der Waals surface area contributed by atoms with E-state index in [4.69, 9.17) is 11.6 Å². The summed E-state index contributed by atoms with van der Waals surface area (Å²) in [6.07, 6.45) is 0. The molecule has 0 bridgehead atoms. The van der Waals surface area contributed by atoms with Gasteiger partial charge in [-0.2, -0.15) is 0 Å². The second-order valence-corrected chi connectivity index (χ2v) is 7.88. The molecular formula is C24H21ClFN3O3. The van der Waals surface area contributed by atoms with Gasteiger partial charge in [-0.15, -0.1) is 0 Å². The molecule has 0 unspecified atom stereocenters. The van der Waals surface area contributed by atoms with Gasteiger partial charge in [0, 0.05) is 48.1 Å². The molecule has 4 rings (SSSR count). The first-order valence-corrected chi connectivity index (χ1v) is 10.5. The van der Waals surface area contributed by atoms with Gasteiger partial charge in [0.1, 0.15) is 5.82 Å². The van der Waals surface area contributed by atoms with Crippen LogP contribution in [0.4, 0.5) is 21.5 Å². The van der Waals surface area contributed by atoms with Crippen molar-refractivity contribution < 1.29 is 19.1 Å². The molecule has 6 nitrogen and oxygen atoms in total. The molecule has 1 aliphatic rings. The van der Waals surface area contributed by atoms with Crippen LogP contribution in [-0.2, 0) is 0 Å². The van der Waals surface area contributed by atoms with E-state index in [1.54, 1.807) is 18.2 Å². The summed E-state index contributed by atoms with van der Waals surface area (Å²) in [6, 6.07) is 17.7. The SMILES string of the molecule is O=C(Nc1ccc(N2CCN(c3ccc(Cl)cc3)CC2)cc1C(=O)O)c1ccc(F)cc1. The highest BCUT2D eigenvalue weighted by atomic mass is 35.5. The van der Waals surface area contributed by atoms with E-state index in [0.29, 0.717) is 5.02 Å². The zero-order chi connectivity index (χ0) is 22.7. The van der Waals surface area contributed by atoms with Crippen LogP contribution in [0, 0.1) is 5.82 Å². The highest BCUT2D eigenvalue weighted by molar-refractivity contribution is 6.30. The number of nitrogens with one attached hydrogen (secondary N) is 1. The van der Waals surface area contributed by atoms with Crippen molar-refractivity contribution in [3.05, 3.63) is 88.7 Å². The van der Waals surface area contributed by atoms with Crippen LogP contribution in [0.5, 0.6) is 0 Å². The van der Waals surface area contributed by atoms with Crippen LogP contribution < -0.4 is 15.1 Å². The summed E-state index contributed by atoms with van der Waals surface area (Å²) in [5.74, 6) is -2.09. The number of hydrogen-bond acceptors (Lipinski definition) is 4. The Kier molecular flexibility index (Phi) is 6.28. The van der Waals surface area contributed by atoms with Crippen molar-refractivity contribution in [2.75, 3.05) is 41.3 Å². The summed E-state index contributed by atoms with van der Waals surface area (Å²) in [4.78, 5) is 28.6. The van der Waals surface area contributed by atoms with Gasteiger partial charge in [0.05, 0.1) is 11.3 Å². The Bertz CT molecular complexity index is 1130. The summed E-state index contributed by atoms with van der Waals surface area (Å²) in [7, 11) is 0. The molecule has 3 aromatic rings. The number of carboxylic acids is 1. The molecule has 0 atom stereocenters. The minimum absolute atomic E-state index is 0.00177. The Hall–Kier alpha value is -3.58. The largest absolute Gasteiger partial charge is 0.478 e. The standard InChI is InChI=1S/C24H21ClFN3O3/c25-17-3-7-19(8-4-17)28-11-13-29(14-12-28)20-9-10-22(21(15-20)24(31)32)27-23(30)16-1-5-18(26)6-2-16/h1-10,15H,11-14H2,(H,27,30)(H,31,32). The van der Waals surface area contributed by atoms with E-state index in [9.17, 15) is 19.1 Å². The molecular weight excluding hydrogens is 433 g/mol. The maximum Gasteiger partial charge on any atom is 0.337 e. The van der Waals surface area contributed by atoms with Gasteiger partial charge in [-0.05, 0) is 66.7 Å². The number of halogens is 2. The lowest BCUT2D eigenvalue weighted by molar-refractivity contribution is 0.0698. The number of nitrogens with zero attached hydrogens (tertiary/aromatic N) is 2. The molecule has 2 N–H and O–H groups in total. The van der Waals surface area contributed by atoms with Crippen molar-refractivity contribution in [1.82, 2.24) is 0 Å². The molecule has 1 amide bonds. The van der Waals surface area contributed by atoms with Gasteiger partial charge in [0.2, 0.25) is 0 Å². The molecule has 0 radical (unpaired) electrons. The molecule has 1 saturated heterocycles. The number of rotatable bonds is 5. The molecule has 0 saturated carbocycles. The number of amides is 1. The van der Waals surface area contributed by atoms with Crippen molar-refractivity contribution in [3.63, 3.8) is 0 Å². The lowest BCUT2D eigenvalue weighted by atomic mass is 10.1. The Morgan fingerprint density at radius 1 is 0.844 bits per heavy atom. The van der Waals surface area contributed by atoms with E-state index in [2.05, 4.69) is 15.1 Å². The van der Waals surface area contributed by atoms with Crippen LogP contribution in [0.15, 0.2) is 66.7 Å². The molecule has 0 aliphatic carbocycles. The normalized spacial score (nSPS) is 13.7. The zero-order valence-corrected chi connectivity index (χ0v) is 17.8. The van der Waals surface area contributed by atoms with Crippen LogP contribution >= 0.6 is 11.6 Å². The van der Waals surface area contributed by atoms with Crippen molar-refractivity contribution in [2.24, 2.45) is 0 Å². The highest BCUT2D eigenvalue weighted by Crippen LogP contribution is 2.26. The molecule has 0 spiro atoms. The Morgan fingerprint density at radius 2 is 1.41 bits per heavy atom. The van der Waals surface area contributed by atoms with Gasteiger partial charge >= 0.3 is 5.97 Å². The topological polar surface area (TPSA) is 72.9 Å². The second-order valence-electron chi connectivity index (χ2n) is 7.45. The number of piperazine rings is 1. The molecule has 0 aromatic heterocycles. The number of aromatic carboxylic acids is 1. The first-order chi connectivity index (χ1) is 15.4. The predicted molar refractivity (Wildman–Crippen MR) is 124 cm³/mol. The molecule has 1 heterocycles. The Balaban J connectivity index is 1.47. The lowest BCUT2D eigenvalue weighted by Crippen LogP contribution is -2.46. The molecule has 8 heteroatoms. The molecule has 1 fully saturated rings. The number of carbonyl (C=O) groups is 2. The number of hydrogen-bond donors (Lipinski definition) is 2. The smallest absolute Gasteiger partial charge is 0.337 e. The van der Waals surface area contributed by atoms with E-state index >= 15 is 0 Å². The summed E-state index contributed by atoms with van der Waals surface area (Å²) in [6.45, 7) is 3.02. The molecule has 3 aromatic carbocycles. The lowest BCUT2D eigenvalue weighted by Gasteiger charge is -2.37. The summed E-state index contributed by atoms with van der Waals surface area (Å²) >= 11 is 5.96. The maximum atomic E-state index is 13.1. The third kappa shape index (κ3) is 4.84. The van der Waals surface area contributed by atoms with Gasteiger partial charge < -0.3 is 20.2 Å². The third-order valence-corrected chi connectivity index (χ3v) is 5.68. The first kappa shape index (κ1) is 21.6. The quantitative estimate of drug-likeness (QED) is 0.583. The van der Waals surface area contributed by atoms with Gasteiger partial charge in [-0.1, -0.05) is 11.6 Å². The number of carbonyl (C=O) groups excluding carboxylic acids is 1. The van der Waals surface area contributed by atoms with Crippen molar-refractivity contribution >= 4 is 40.5 Å². The van der Waals surface area contributed by atoms with Gasteiger partial charge in [-0.3, -0.25) is 4.79 Å². The van der Waals surface area contributed by atoms with E-state index in [0.717, 1.165) is 37.6 Å². The third-order valence-electron chi connectivity index (χ3n) is 5.42. The minimum Gasteiger partial charge on any atom is -0.478 e. The van der Waals surface area contributed by atoms with Crippen molar-refractivity contribution in [1.29, 1.82) is 0 Å². The van der Waals surface area contributed by atoms with Crippen molar-refractivity contribution in [2.45, 2.75) is 0 Å². The fraction of sp³-hybridized carbons (Fsp3) is 0.167. The zero-order valence-electron chi connectivity index (χ0n) is 17.1. The molecule has 1 aliphatic heterocycles. The average molecular weight is 454 g/mol. The van der Waals surface area contributed by atoms with E-state index in [1.165, 1.54) is 24.3 Å². The van der Waals surface area contributed by atoms with E-state index in [-0.39, 0.29) is 16.8 Å². The Labute approximate surface area is 189 Å². The minimum atomic E-state index is -1.14. The van der Waals surface area contributed by atoms with E-state index < -0.39 is 17.7 Å². The fourth-order valence-corrected chi connectivity index (χ4v) is 3.81. The number of benzene rings is 3. The predicted octanol–water partition coefficient (Wildman–Crippen LogP) is 4.76. The highest BCUT2D eigenvalue weighted by Gasteiger charge is 2.21. The van der Waals surface area contributed by atoms with E-state index in [1.807, 2.05) is 24.3 Å². The van der Waals surface area contributed by atoms with Crippen LogP contribution in [0.1, 0.15) is 20.7 Å². The van der Waals surface area contributed by atoms with Crippen LogP contribution in [-0.4, -0.2) is 43.2 Å². The van der Waals surface area contributed by atoms with Gasteiger partial charge in [-0.25, -0.2) is 9.18 Å². The van der Waals surface area contributed by atoms with Crippen LogP contribution in [0.25, 0.3) is 0 Å². The van der Waals surface area contributed by atoms with Crippen molar-refractivity contribution in [3.8, 4) is 0 Å². The summed E-state index contributed by atoms with van der Waals surface area (Å²) in [5.41, 5.74) is 2.30. The summed E-state index contributed by atoms with van der Waals surface area (Å²) < 4.78 is 13.1. The first-order valence-electron chi connectivity index (χ1n) is 10.1. The molecule has 32 heavy (non-hydrogen) atoms. The monoisotopic (exact) mass is 453 g/mol. The number of anilines is 3. The van der Waals surface area contributed by atoms with Crippen LogP contribution in [0.2, 0.25) is 5.02 Å². The van der Waals surface area contributed by atoms with Crippen LogP contribution in [0.3, 0.4) is 0 Å². The Morgan fingerprint density at radius 3 is 2.00 bits per heavy atom. The summed E-state index contributed by atoms with van der Waals surface area (Å²) in [5, 5.41) is 13.0. The second kappa shape index (κ2) is 9.28. The van der Waals surface area contributed by atoms with Gasteiger partial charge in [0.15, 0.2) is 0 Å². The average Bonchev–Trinajstić information content (AvgIpc) is 2.80. The fourth-order valence-electron chi connectivity index (χ4n) is 3.69. The number of carboxylic acid groups (broad SMARTS) is 1. The van der Waals surface area contributed by atoms with Gasteiger partial charge in [0.25, 0.3) is 5.91 Å². The maximum absolute atomic E-state index is 13.1.